The summed E-state index contributed by atoms with van der Waals surface area (Å²) >= 11 is 0. The highest BCUT2D eigenvalue weighted by Crippen LogP contribution is 2.32. The summed E-state index contributed by atoms with van der Waals surface area (Å²) < 4.78 is 45.6. The number of aromatic nitrogens is 1. The number of nitrogens with one attached hydrogen (secondary N) is 1. The summed E-state index contributed by atoms with van der Waals surface area (Å²) in [5.41, 5.74) is 0.0919. The van der Waals surface area contributed by atoms with Crippen molar-refractivity contribution in [3.63, 3.8) is 0 Å². The van der Waals surface area contributed by atoms with Crippen LogP contribution in [0.1, 0.15) is 35.7 Å². The van der Waals surface area contributed by atoms with Crippen LogP contribution in [0, 0.1) is 5.92 Å². The number of amides is 1. The van der Waals surface area contributed by atoms with Crippen LogP contribution >= 0.6 is 0 Å². The fourth-order valence-electron chi connectivity index (χ4n) is 4.26. The Morgan fingerprint density at radius 3 is 2.46 bits per heavy atom. The van der Waals surface area contributed by atoms with E-state index in [2.05, 4.69) is 15.2 Å². The molecule has 5 nitrogen and oxygen atoms in total. The minimum atomic E-state index is -4.47. The summed E-state index contributed by atoms with van der Waals surface area (Å²) in [5, 5.41) is 2.97. The van der Waals surface area contributed by atoms with Gasteiger partial charge in [0, 0.05) is 18.7 Å². The van der Waals surface area contributed by atoms with Gasteiger partial charge >= 0.3 is 6.18 Å². The van der Waals surface area contributed by atoms with E-state index in [9.17, 15) is 18.0 Å². The molecule has 184 valence electrons. The van der Waals surface area contributed by atoms with E-state index in [0.29, 0.717) is 30.7 Å². The predicted molar refractivity (Wildman–Crippen MR) is 127 cm³/mol. The van der Waals surface area contributed by atoms with Crippen LogP contribution in [0.25, 0.3) is 0 Å². The monoisotopic (exact) mass is 483 g/mol. The molecule has 4 rings (SSSR count). The standard InChI is InChI=1S/C27H28F3N3O2/c28-27(29,30)22-8-6-7-21(19-22)25(24-11-4-5-14-31-24)32-26(34)20-12-15-33(16-13-20)17-18-35-23-9-2-1-3-10-23/h1-11,14,19-20,25H,12-13,15-18H2,(H,32,34)/t25-/m0/s1. The Morgan fingerprint density at radius 2 is 1.77 bits per heavy atom. The van der Waals surface area contributed by atoms with Crippen LogP contribution in [0.3, 0.4) is 0 Å². The lowest BCUT2D eigenvalue weighted by Crippen LogP contribution is -2.43. The van der Waals surface area contributed by atoms with Crippen molar-refractivity contribution in [1.29, 1.82) is 0 Å². The van der Waals surface area contributed by atoms with Gasteiger partial charge in [-0.2, -0.15) is 13.2 Å². The SMILES string of the molecule is O=C(N[C@@H](c1cccc(C(F)(F)F)c1)c1ccccn1)C1CCN(CCOc2ccccc2)CC1. The van der Waals surface area contributed by atoms with E-state index in [-0.39, 0.29) is 11.8 Å². The molecule has 0 unspecified atom stereocenters. The molecule has 0 aliphatic carbocycles. The van der Waals surface area contributed by atoms with Crippen molar-refractivity contribution in [2.24, 2.45) is 5.92 Å². The lowest BCUT2D eigenvalue weighted by Gasteiger charge is -2.32. The van der Waals surface area contributed by atoms with Gasteiger partial charge < -0.3 is 10.1 Å². The second kappa shape index (κ2) is 11.4. The summed E-state index contributed by atoms with van der Waals surface area (Å²) in [6.45, 7) is 2.85. The third-order valence-corrected chi connectivity index (χ3v) is 6.20. The fraction of sp³-hybridized carbons (Fsp3) is 0.333. The van der Waals surface area contributed by atoms with Gasteiger partial charge in [-0.1, -0.05) is 36.4 Å². The number of piperidine rings is 1. The zero-order chi connectivity index (χ0) is 24.7. The van der Waals surface area contributed by atoms with Gasteiger partial charge in [-0.25, -0.2) is 0 Å². The maximum atomic E-state index is 13.3. The number of hydrogen-bond donors (Lipinski definition) is 1. The Bertz CT molecular complexity index is 1090. The third kappa shape index (κ3) is 6.82. The number of halogens is 3. The van der Waals surface area contributed by atoms with Crippen LogP contribution in [-0.2, 0) is 11.0 Å². The molecule has 1 fully saturated rings. The molecule has 2 aromatic carbocycles. The summed E-state index contributed by atoms with van der Waals surface area (Å²) in [4.78, 5) is 19.7. The number of benzene rings is 2. The summed E-state index contributed by atoms with van der Waals surface area (Å²) in [5.74, 6) is 0.452. The Morgan fingerprint density at radius 1 is 1.03 bits per heavy atom. The fourth-order valence-corrected chi connectivity index (χ4v) is 4.26. The number of alkyl halides is 3. The quantitative estimate of drug-likeness (QED) is 0.485. The zero-order valence-corrected chi connectivity index (χ0v) is 19.2. The molecule has 0 saturated carbocycles. The number of carbonyl (C=O) groups excluding carboxylic acids is 1. The molecule has 0 spiro atoms. The molecule has 0 bridgehead atoms. The van der Waals surface area contributed by atoms with Gasteiger partial charge in [0.2, 0.25) is 5.91 Å². The molecular formula is C27H28F3N3O2. The second-order valence-corrected chi connectivity index (χ2v) is 8.60. The van der Waals surface area contributed by atoms with Crippen molar-refractivity contribution in [3.05, 3.63) is 95.8 Å². The van der Waals surface area contributed by atoms with Crippen LogP contribution < -0.4 is 10.1 Å². The Kier molecular flexibility index (Phi) is 8.02. The van der Waals surface area contributed by atoms with Crippen LogP contribution in [0.5, 0.6) is 5.75 Å². The molecule has 3 aromatic rings. The lowest BCUT2D eigenvalue weighted by atomic mass is 9.94. The average molecular weight is 484 g/mol. The topological polar surface area (TPSA) is 54.5 Å². The highest BCUT2D eigenvalue weighted by atomic mass is 19.4. The first-order chi connectivity index (χ1) is 16.9. The molecule has 1 N–H and O–H groups in total. The van der Waals surface area contributed by atoms with Crippen molar-refractivity contribution in [2.75, 3.05) is 26.2 Å². The normalized spacial score (nSPS) is 16.0. The number of rotatable bonds is 8. The van der Waals surface area contributed by atoms with E-state index in [4.69, 9.17) is 4.74 Å². The number of hydrogen-bond acceptors (Lipinski definition) is 4. The van der Waals surface area contributed by atoms with Crippen molar-refractivity contribution >= 4 is 5.91 Å². The van der Waals surface area contributed by atoms with E-state index < -0.39 is 17.8 Å². The van der Waals surface area contributed by atoms with Crippen LogP contribution in [0.15, 0.2) is 79.0 Å². The van der Waals surface area contributed by atoms with Crippen molar-refractivity contribution in [2.45, 2.75) is 25.1 Å². The molecule has 2 heterocycles. The van der Waals surface area contributed by atoms with Gasteiger partial charge in [-0.3, -0.25) is 14.7 Å². The van der Waals surface area contributed by atoms with Crippen LogP contribution in [0.2, 0.25) is 0 Å². The third-order valence-electron chi connectivity index (χ3n) is 6.20. The zero-order valence-electron chi connectivity index (χ0n) is 19.2. The first-order valence-corrected chi connectivity index (χ1v) is 11.7. The van der Waals surface area contributed by atoms with Crippen LogP contribution in [-0.4, -0.2) is 42.0 Å². The minimum Gasteiger partial charge on any atom is -0.492 e. The first-order valence-electron chi connectivity index (χ1n) is 11.7. The number of nitrogens with zero attached hydrogens (tertiary/aromatic N) is 2. The lowest BCUT2D eigenvalue weighted by molar-refractivity contribution is -0.137. The second-order valence-electron chi connectivity index (χ2n) is 8.60. The molecule has 1 aromatic heterocycles. The van der Waals surface area contributed by atoms with E-state index in [1.54, 1.807) is 30.5 Å². The number of ether oxygens (including phenoxy) is 1. The number of para-hydroxylation sites is 1. The van der Waals surface area contributed by atoms with Gasteiger partial charge in [-0.05, 0) is 67.9 Å². The van der Waals surface area contributed by atoms with E-state index in [0.717, 1.165) is 37.5 Å². The van der Waals surface area contributed by atoms with Crippen molar-refractivity contribution in [3.8, 4) is 5.75 Å². The molecule has 1 saturated heterocycles. The summed E-state index contributed by atoms with van der Waals surface area (Å²) in [6.07, 6.45) is -1.55. The van der Waals surface area contributed by atoms with Gasteiger partial charge in [0.1, 0.15) is 12.4 Å². The van der Waals surface area contributed by atoms with Gasteiger partial charge in [0.15, 0.2) is 0 Å². The molecule has 35 heavy (non-hydrogen) atoms. The average Bonchev–Trinajstić information content (AvgIpc) is 2.88. The number of pyridine rings is 1. The molecule has 0 radical (unpaired) electrons. The predicted octanol–water partition coefficient (Wildman–Crippen LogP) is 5.10. The molecule has 1 atom stereocenters. The van der Waals surface area contributed by atoms with Gasteiger partial charge in [0.05, 0.1) is 17.3 Å². The van der Waals surface area contributed by atoms with Crippen LogP contribution in [0.4, 0.5) is 13.2 Å². The first kappa shape index (κ1) is 24.7. The van der Waals surface area contributed by atoms with Gasteiger partial charge in [-0.15, -0.1) is 0 Å². The van der Waals surface area contributed by atoms with E-state index in [1.165, 1.54) is 6.07 Å². The Hall–Kier alpha value is -3.39. The summed E-state index contributed by atoms with van der Waals surface area (Å²) in [6, 6.07) is 19.1. The largest absolute Gasteiger partial charge is 0.492 e. The maximum Gasteiger partial charge on any atom is 0.416 e. The van der Waals surface area contributed by atoms with E-state index in [1.807, 2.05) is 30.3 Å². The van der Waals surface area contributed by atoms with E-state index >= 15 is 0 Å². The van der Waals surface area contributed by atoms with Gasteiger partial charge in [0.25, 0.3) is 0 Å². The molecule has 1 aliphatic heterocycles. The number of carbonyl (C=O) groups is 1. The molecular weight excluding hydrogens is 455 g/mol. The highest BCUT2D eigenvalue weighted by molar-refractivity contribution is 5.79. The smallest absolute Gasteiger partial charge is 0.416 e. The molecule has 1 amide bonds. The summed E-state index contributed by atoms with van der Waals surface area (Å²) in [7, 11) is 0. The maximum absolute atomic E-state index is 13.3. The highest BCUT2D eigenvalue weighted by Gasteiger charge is 2.32. The number of likely N-dealkylation sites (tertiary alicyclic amines) is 1. The Balaban J connectivity index is 1.36. The molecule has 1 aliphatic rings. The van der Waals surface area contributed by atoms with Crippen molar-refractivity contribution < 1.29 is 22.7 Å². The Labute approximate surface area is 202 Å². The minimum absolute atomic E-state index is 0.168. The van der Waals surface area contributed by atoms with Crippen molar-refractivity contribution in [1.82, 2.24) is 15.2 Å². The molecule has 8 heteroatoms.